The van der Waals surface area contributed by atoms with Gasteiger partial charge in [0.15, 0.2) is 0 Å². The lowest BCUT2D eigenvalue weighted by atomic mass is 9.93. The molecule has 21 heavy (non-hydrogen) atoms. The molecule has 0 radical (unpaired) electrons. The number of nitrogens with one attached hydrogen (secondary N) is 1. The first-order chi connectivity index (χ1) is 10.2. The zero-order chi connectivity index (χ0) is 14.8. The molecule has 2 unspecified atom stereocenters. The molecule has 1 aromatic carbocycles. The Morgan fingerprint density at radius 2 is 2.10 bits per heavy atom. The van der Waals surface area contributed by atoms with Gasteiger partial charge in [0.1, 0.15) is 5.82 Å². The van der Waals surface area contributed by atoms with Gasteiger partial charge in [-0.1, -0.05) is 24.6 Å². The second-order valence-corrected chi connectivity index (χ2v) is 6.44. The molecule has 3 aliphatic rings. The Morgan fingerprint density at radius 3 is 2.67 bits per heavy atom. The summed E-state index contributed by atoms with van der Waals surface area (Å²) < 4.78 is 14.4. The van der Waals surface area contributed by atoms with E-state index in [0.29, 0.717) is 11.1 Å². The van der Waals surface area contributed by atoms with Crippen molar-refractivity contribution in [3.8, 4) is 0 Å². The molecule has 2 atom stereocenters. The molecule has 0 aliphatic carbocycles. The van der Waals surface area contributed by atoms with Crippen LogP contribution in [-0.4, -0.2) is 55.1 Å². The van der Waals surface area contributed by atoms with E-state index in [0.717, 1.165) is 51.3 Å². The van der Waals surface area contributed by atoms with Crippen molar-refractivity contribution in [3.05, 3.63) is 34.6 Å². The number of hydrogen-bond donors (Lipinski definition) is 1. The lowest BCUT2D eigenvalue weighted by Gasteiger charge is -2.50. The van der Waals surface area contributed by atoms with Crippen molar-refractivity contribution in [2.45, 2.75) is 25.4 Å². The minimum absolute atomic E-state index is 0.0327. The van der Waals surface area contributed by atoms with Gasteiger partial charge in [0.05, 0.1) is 6.04 Å². The Kier molecular flexibility index (Phi) is 4.79. The third-order valence-corrected chi connectivity index (χ3v) is 4.85. The van der Waals surface area contributed by atoms with Crippen LogP contribution in [0, 0.1) is 5.82 Å². The summed E-state index contributed by atoms with van der Waals surface area (Å²) in [4.78, 5) is 4.99. The minimum atomic E-state index is -0.200. The van der Waals surface area contributed by atoms with Crippen molar-refractivity contribution in [2.75, 3.05) is 39.3 Å². The Hall–Kier alpha value is -0.680. The SMILES string of the molecule is CCCNC(c1ccc(Cl)cc1F)C1CN2CCN1CC2. The highest BCUT2D eigenvalue weighted by Gasteiger charge is 2.37. The first-order valence-electron chi connectivity index (χ1n) is 7.83. The van der Waals surface area contributed by atoms with Crippen molar-refractivity contribution in [1.29, 1.82) is 0 Å². The third kappa shape index (κ3) is 3.24. The zero-order valence-electron chi connectivity index (χ0n) is 12.5. The number of rotatable bonds is 5. The van der Waals surface area contributed by atoms with Crippen LogP contribution < -0.4 is 5.32 Å². The van der Waals surface area contributed by atoms with Gasteiger partial charge in [-0.2, -0.15) is 0 Å². The van der Waals surface area contributed by atoms with E-state index < -0.39 is 0 Å². The summed E-state index contributed by atoms with van der Waals surface area (Å²) in [6.07, 6.45) is 1.04. The highest BCUT2D eigenvalue weighted by atomic mass is 35.5. The zero-order valence-corrected chi connectivity index (χ0v) is 13.2. The highest BCUT2D eigenvalue weighted by molar-refractivity contribution is 6.30. The summed E-state index contributed by atoms with van der Waals surface area (Å²) in [6.45, 7) is 8.51. The maximum Gasteiger partial charge on any atom is 0.129 e. The van der Waals surface area contributed by atoms with Crippen LogP contribution in [0.1, 0.15) is 24.9 Å². The molecule has 1 N–H and O–H groups in total. The Balaban J connectivity index is 1.86. The highest BCUT2D eigenvalue weighted by Crippen LogP contribution is 2.30. The molecular formula is C16H23ClFN3. The van der Waals surface area contributed by atoms with Gasteiger partial charge in [-0.3, -0.25) is 9.80 Å². The smallest absolute Gasteiger partial charge is 0.129 e. The van der Waals surface area contributed by atoms with Crippen LogP contribution in [0.4, 0.5) is 4.39 Å². The standard InChI is InChI=1S/C16H23ClFN3/c1-2-5-19-16(13-4-3-12(17)10-14(13)18)15-11-20-6-8-21(15)9-7-20/h3-4,10,15-16,19H,2,5-9,11H2,1H3. The number of nitrogens with zero attached hydrogens (tertiary/aromatic N) is 2. The maximum atomic E-state index is 14.4. The van der Waals surface area contributed by atoms with Crippen molar-refractivity contribution in [3.63, 3.8) is 0 Å². The van der Waals surface area contributed by atoms with E-state index in [1.807, 2.05) is 6.07 Å². The summed E-state index contributed by atoms with van der Waals surface area (Å²) in [5, 5.41) is 4.01. The quantitative estimate of drug-likeness (QED) is 0.901. The fraction of sp³-hybridized carbons (Fsp3) is 0.625. The van der Waals surface area contributed by atoms with Gasteiger partial charge in [-0.15, -0.1) is 0 Å². The van der Waals surface area contributed by atoms with E-state index >= 15 is 0 Å². The summed E-state index contributed by atoms with van der Waals surface area (Å²) in [6, 6.07) is 5.43. The molecule has 0 saturated carbocycles. The van der Waals surface area contributed by atoms with Gasteiger partial charge < -0.3 is 5.32 Å². The average Bonchev–Trinajstić information content (AvgIpc) is 2.50. The first-order valence-corrected chi connectivity index (χ1v) is 8.21. The molecule has 0 aromatic heterocycles. The van der Waals surface area contributed by atoms with Crippen molar-refractivity contribution in [1.82, 2.24) is 15.1 Å². The molecule has 1 aromatic rings. The largest absolute Gasteiger partial charge is 0.309 e. The number of fused-ring (bicyclic) bond motifs is 3. The lowest BCUT2D eigenvalue weighted by molar-refractivity contribution is -0.00414. The van der Waals surface area contributed by atoms with Crippen LogP contribution in [0.5, 0.6) is 0 Å². The molecule has 3 nitrogen and oxygen atoms in total. The number of piperazine rings is 3. The van der Waals surface area contributed by atoms with Crippen LogP contribution in [0.25, 0.3) is 0 Å². The van der Waals surface area contributed by atoms with Gasteiger partial charge in [-0.25, -0.2) is 4.39 Å². The van der Waals surface area contributed by atoms with Crippen molar-refractivity contribution >= 4 is 11.6 Å². The fourth-order valence-electron chi connectivity index (χ4n) is 3.48. The van der Waals surface area contributed by atoms with Gasteiger partial charge in [0.2, 0.25) is 0 Å². The summed E-state index contributed by atoms with van der Waals surface area (Å²) in [5.41, 5.74) is 0.742. The van der Waals surface area contributed by atoms with Gasteiger partial charge in [0, 0.05) is 49.4 Å². The second-order valence-electron chi connectivity index (χ2n) is 6.00. The third-order valence-electron chi connectivity index (χ3n) is 4.62. The molecule has 3 fully saturated rings. The van der Waals surface area contributed by atoms with Gasteiger partial charge in [0.25, 0.3) is 0 Å². The van der Waals surface area contributed by atoms with E-state index in [2.05, 4.69) is 22.0 Å². The summed E-state index contributed by atoms with van der Waals surface area (Å²) >= 11 is 5.90. The monoisotopic (exact) mass is 311 g/mol. The molecular weight excluding hydrogens is 289 g/mol. The normalized spacial score (nSPS) is 29.6. The van der Waals surface area contributed by atoms with Crippen molar-refractivity contribution < 1.29 is 4.39 Å². The molecule has 3 saturated heterocycles. The van der Waals surface area contributed by atoms with Crippen LogP contribution in [0.15, 0.2) is 18.2 Å². The Bertz CT molecular complexity index is 488. The van der Waals surface area contributed by atoms with Crippen LogP contribution in [0.3, 0.4) is 0 Å². The van der Waals surface area contributed by atoms with E-state index in [4.69, 9.17) is 11.6 Å². The summed E-state index contributed by atoms with van der Waals surface area (Å²) in [5.74, 6) is -0.200. The van der Waals surface area contributed by atoms with E-state index in [1.165, 1.54) is 6.07 Å². The lowest BCUT2D eigenvalue weighted by Crippen LogP contribution is -2.64. The molecule has 3 heterocycles. The average molecular weight is 312 g/mol. The molecule has 2 bridgehead atoms. The van der Waals surface area contributed by atoms with Crippen molar-refractivity contribution in [2.24, 2.45) is 0 Å². The second kappa shape index (κ2) is 6.61. The molecule has 0 amide bonds. The Morgan fingerprint density at radius 1 is 1.33 bits per heavy atom. The van der Waals surface area contributed by atoms with Gasteiger partial charge in [-0.05, 0) is 25.1 Å². The van der Waals surface area contributed by atoms with E-state index in [9.17, 15) is 4.39 Å². The summed E-state index contributed by atoms with van der Waals surface area (Å²) in [7, 11) is 0. The Labute approximate surface area is 131 Å². The molecule has 3 aliphatic heterocycles. The molecule has 0 spiro atoms. The first kappa shape index (κ1) is 15.2. The van der Waals surface area contributed by atoms with E-state index in [-0.39, 0.29) is 11.9 Å². The molecule has 5 heteroatoms. The predicted molar refractivity (Wildman–Crippen MR) is 84.2 cm³/mol. The minimum Gasteiger partial charge on any atom is -0.309 e. The molecule has 4 rings (SSSR count). The predicted octanol–water partition coefficient (Wildman–Crippen LogP) is 2.52. The van der Waals surface area contributed by atoms with Crippen LogP contribution in [-0.2, 0) is 0 Å². The number of hydrogen-bond acceptors (Lipinski definition) is 3. The number of benzene rings is 1. The van der Waals surface area contributed by atoms with Crippen LogP contribution >= 0.6 is 11.6 Å². The number of halogens is 2. The molecule has 116 valence electrons. The topological polar surface area (TPSA) is 18.5 Å². The van der Waals surface area contributed by atoms with Crippen LogP contribution in [0.2, 0.25) is 5.02 Å². The fourth-order valence-corrected chi connectivity index (χ4v) is 3.64. The van der Waals surface area contributed by atoms with Gasteiger partial charge >= 0.3 is 0 Å². The maximum absolute atomic E-state index is 14.4. The van der Waals surface area contributed by atoms with E-state index in [1.54, 1.807) is 6.07 Å².